The van der Waals surface area contributed by atoms with Gasteiger partial charge in [0.1, 0.15) is 5.70 Å². The van der Waals surface area contributed by atoms with Gasteiger partial charge in [0.15, 0.2) is 11.8 Å². The van der Waals surface area contributed by atoms with Gasteiger partial charge in [0, 0.05) is 24.1 Å². The fourth-order valence-corrected chi connectivity index (χ4v) is 2.01. The summed E-state index contributed by atoms with van der Waals surface area (Å²) in [7, 11) is 0. The van der Waals surface area contributed by atoms with Gasteiger partial charge in [-0.1, -0.05) is 0 Å². The summed E-state index contributed by atoms with van der Waals surface area (Å²) in [6.45, 7) is 0. The molecule has 8 nitrogen and oxygen atoms in total. The Hall–Kier alpha value is -2.77. The van der Waals surface area contributed by atoms with Gasteiger partial charge in [-0.15, -0.1) is 0 Å². The molecule has 2 amide bonds. The van der Waals surface area contributed by atoms with E-state index in [1.807, 2.05) is 0 Å². The van der Waals surface area contributed by atoms with Gasteiger partial charge in [0.05, 0.1) is 0 Å². The molecular weight excluding hydrogens is 268 g/mol. The molecule has 0 fully saturated rings. The van der Waals surface area contributed by atoms with E-state index < -0.39 is 29.5 Å². The number of aromatic nitrogens is 1. The van der Waals surface area contributed by atoms with E-state index in [2.05, 4.69) is 5.32 Å². The van der Waals surface area contributed by atoms with Crippen molar-refractivity contribution >= 4 is 23.5 Å². The first-order valence-corrected chi connectivity index (χ1v) is 5.82. The van der Waals surface area contributed by atoms with Crippen molar-refractivity contribution < 1.29 is 29.7 Å². The SMILES string of the molecule is O=C(O)CCCC1=C(n2c(O)ccc2O)C(=O)NC1=O. The molecule has 8 heteroatoms. The second kappa shape index (κ2) is 5.08. The molecule has 0 saturated carbocycles. The minimum atomic E-state index is -1.01. The van der Waals surface area contributed by atoms with Gasteiger partial charge in [-0.05, 0) is 12.8 Å². The van der Waals surface area contributed by atoms with Gasteiger partial charge in [0.2, 0.25) is 0 Å². The van der Waals surface area contributed by atoms with Crippen LogP contribution in [0, 0.1) is 0 Å². The van der Waals surface area contributed by atoms with Crippen molar-refractivity contribution in [2.75, 3.05) is 0 Å². The van der Waals surface area contributed by atoms with Crippen molar-refractivity contribution in [3.8, 4) is 11.8 Å². The zero-order valence-electron chi connectivity index (χ0n) is 10.3. The molecule has 0 saturated heterocycles. The van der Waals surface area contributed by atoms with Crippen molar-refractivity contribution in [3.63, 3.8) is 0 Å². The van der Waals surface area contributed by atoms with Crippen LogP contribution in [-0.2, 0) is 14.4 Å². The van der Waals surface area contributed by atoms with Crippen LogP contribution in [0.25, 0.3) is 5.70 Å². The van der Waals surface area contributed by atoms with E-state index in [1.54, 1.807) is 0 Å². The summed E-state index contributed by atoms with van der Waals surface area (Å²) in [4.78, 5) is 33.9. The number of aliphatic carboxylic acids is 1. The number of amides is 2. The largest absolute Gasteiger partial charge is 0.494 e. The minimum absolute atomic E-state index is 0.0399. The van der Waals surface area contributed by atoms with Crippen molar-refractivity contribution in [3.05, 3.63) is 17.7 Å². The quantitative estimate of drug-likeness (QED) is 0.563. The number of rotatable bonds is 5. The van der Waals surface area contributed by atoms with Crippen LogP contribution in [0.4, 0.5) is 0 Å². The van der Waals surface area contributed by atoms with Gasteiger partial charge in [-0.3, -0.25) is 19.7 Å². The minimum Gasteiger partial charge on any atom is -0.494 e. The van der Waals surface area contributed by atoms with Crippen molar-refractivity contribution in [2.24, 2.45) is 0 Å². The highest BCUT2D eigenvalue weighted by Crippen LogP contribution is 2.31. The summed E-state index contributed by atoms with van der Waals surface area (Å²) in [6, 6.07) is 2.35. The Bertz CT molecular complexity index is 608. The molecule has 0 aliphatic carbocycles. The lowest BCUT2D eigenvalue weighted by molar-refractivity contribution is -0.137. The number of hydrogen-bond donors (Lipinski definition) is 4. The Kier molecular flexibility index (Phi) is 3.47. The van der Waals surface area contributed by atoms with Crippen LogP contribution in [0.3, 0.4) is 0 Å². The van der Waals surface area contributed by atoms with Crippen LogP contribution in [0.1, 0.15) is 19.3 Å². The molecule has 2 rings (SSSR count). The number of carboxylic acid groups (broad SMARTS) is 1. The van der Waals surface area contributed by atoms with Gasteiger partial charge in [0.25, 0.3) is 11.8 Å². The Morgan fingerprint density at radius 2 is 1.75 bits per heavy atom. The Morgan fingerprint density at radius 1 is 1.15 bits per heavy atom. The van der Waals surface area contributed by atoms with Crippen LogP contribution < -0.4 is 5.32 Å². The van der Waals surface area contributed by atoms with Crippen LogP contribution in [0.15, 0.2) is 17.7 Å². The molecule has 0 unspecified atom stereocenters. The van der Waals surface area contributed by atoms with Crippen LogP contribution in [-0.4, -0.2) is 37.7 Å². The maximum absolute atomic E-state index is 11.7. The number of hydrogen-bond acceptors (Lipinski definition) is 5. The number of nitrogens with zero attached hydrogens (tertiary/aromatic N) is 1. The van der Waals surface area contributed by atoms with E-state index in [0.29, 0.717) is 0 Å². The maximum Gasteiger partial charge on any atom is 0.303 e. The Morgan fingerprint density at radius 3 is 2.30 bits per heavy atom. The summed E-state index contributed by atoms with van der Waals surface area (Å²) in [5.41, 5.74) is -0.140. The number of aromatic hydroxyl groups is 2. The fraction of sp³-hybridized carbons (Fsp3) is 0.250. The van der Waals surface area contributed by atoms with Crippen molar-refractivity contribution in [1.82, 2.24) is 9.88 Å². The molecule has 1 aliphatic rings. The lowest BCUT2D eigenvalue weighted by atomic mass is 10.1. The van der Waals surface area contributed by atoms with Gasteiger partial charge < -0.3 is 15.3 Å². The standard InChI is InChI=1S/C12H12N2O6/c15-7-4-5-8(16)14(7)10-6(2-1-3-9(17)18)11(19)13-12(10)20/h4-5,15-16H,1-3H2,(H,17,18)(H,13,19,20). The van der Waals surface area contributed by atoms with E-state index in [-0.39, 0.29) is 30.5 Å². The molecule has 0 bridgehead atoms. The third-order valence-corrected chi connectivity index (χ3v) is 2.88. The second-order valence-corrected chi connectivity index (χ2v) is 4.24. The van der Waals surface area contributed by atoms with E-state index >= 15 is 0 Å². The van der Waals surface area contributed by atoms with Crippen molar-refractivity contribution in [2.45, 2.75) is 19.3 Å². The molecule has 2 heterocycles. The summed E-state index contributed by atoms with van der Waals surface area (Å²) in [5, 5.41) is 29.9. The first-order chi connectivity index (χ1) is 9.41. The van der Waals surface area contributed by atoms with Gasteiger partial charge in [-0.25, -0.2) is 4.57 Å². The monoisotopic (exact) mass is 280 g/mol. The lowest BCUT2D eigenvalue weighted by Gasteiger charge is -2.07. The number of carboxylic acids is 1. The number of nitrogens with one attached hydrogen (secondary N) is 1. The highest BCUT2D eigenvalue weighted by atomic mass is 16.4. The van der Waals surface area contributed by atoms with Gasteiger partial charge in [-0.2, -0.15) is 0 Å². The van der Waals surface area contributed by atoms with E-state index in [4.69, 9.17) is 5.11 Å². The van der Waals surface area contributed by atoms with Gasteiger partial charge >= 0.3 is 5.97 Å². The molecule has 0 spiro atoms. The average Bonchev–Trinajstić information content (AvgIpc) is 2.81. The lowest BCUT2D eigenvalue weighted by Crippen LogP contribution is -2.23. The molecular formula is C12H12N2O6. The molecule has 20 heavy (non-hydrogen) atoms. The van der Waals surface area contributed by atoms with E-state index in [1.165, 1.54) is 12.1 Å². The van der Waals surface area contributed by atoms with Crippen LogP contribution >= 0.6 is 0 Å². The first-order valence-electron chi connectivity index (χ1n) is 5.82. The van der Waals surface area contributed by atoms with Crippen LogP contribution in [0.5, 0.6) is 11.8 Å². The maximum atomic E-state index is 11.7. The highest BCUT2D eigenvalue weighted by molar-refractivity contribution is 6.32. The van der Waals surface area contributed by atoms with E-state index in [0.717, 1.165) is 4.57 Å². The molecule has 4 N–H and O–H groups in total. The smallest absolute Gasteiger partial charge is 0.303 e. The summed E-state index contributed by atoms with van der Waals surface area (Å²) in [6.07, 6.45) is 0.0653. The number of carbonyl (C=O) groups excluding carboxylic acids is 2. The van der Waals surface area contributed by atoms with E-state index in [9.17, 15) is 24.6 Å². The molecule has 1 aromatic heterocycles. The van der Waals surface area contributed by atoms with Crippen LogP contribution in [0.2, 0.25) is 0 Å². The molecule has 0 aromatic carbocycles. The molecule has 0 atom stereocenters. The molecule has 106 valence electrons. The fourth-order valence-electron chi connectivity index (χ4n) is 2.01. The first kappa shape index (κ1) is 13.7. The number of carbonyl (C=O) groups is 3. The van der Waals surface area contributed by atoms with Crippen molar-refractivity contribution in [1.29, 1.82) is 0 Å². The Balaban J connectivity index is 2.38. The normalized spacial score (nSPS) is 14.8. The molecule has 1 aromatic rings. The predicted octanol–water partition coefficient (Wildman–Crippen LogP) is 0.0217. The number of imide groups is 1. The average molecular weight is 280 g/mol. The summed E-state index contributed by atoms with van der Waals surface area (Å²) in [5.74, 6) is -3.19. The molecule has 0 radical (unpaired) electrons. The third-order valence-electron chi connectivity index (χ3n) is 2.88. The zero-order valence-corrected chi connectivity index (χ0v) is 10.3. The second-order valence-electron chi connectivity index (χ2n) is 4.24. The third kappa shape index (κ3) is 2.35. The summed E-state index contributed by atoms with van der Waals surface area (Å²) >= 11 is 0. The molecule has 1 aliphatic heterocycles. The topological polar surface area (TPSA) is 129 Å². The zero-order chi connectivity index (χ0) is 14.9. The summed E-state index contributed by atoms with van der Waals surface area (Å²) < 4.78 is 0.844. The highest BCUT2D eigenvalue weighted by Gasteiger charge is 2.33. The Labute approximate surface area is 112 Å². The predicted molar refractivity (Wildman–Crippen MR) is 65.6 cm³/mol.